The molecule has 0 spiro atoms. The number of halogens is 1. The van der Waals surface area contributed by atoms with Gasteiger partial charge in [0, 0.05) is 5.69 Å². The predicted octanol–water partition coefficient (Wildman–Crippen LogP) is 3.12. The van der Waals surface area contributed by atoms with Crippen molar-refractivity contribution in [3.05, 3.63) is 41.9 Å². The van der Waals surface area contributed by atoms with Gasteiger partial charge in [0.2, 0.25) is 0 Å². The van der Waals surface area contributed by atoms with E-state index in [9.17, 15) is 9.18 Å². The first kappa shape index (κ1) is 11.4. The minimum atomic E-state index is -0.286. The van der Waals surface area contributed by atoms with Gasteiger partial charge in [-0.25, -0.2) is 4.39 Å². The van der Waals surface area contributed by atoms with Crippen molar-refractivity contribution in [3.8, 4) is 0 Å². The van der Waals surface area contributed by atoms with Crippen LogP contribution in [0.5, 0.6) is 0 Å². The van der Waals surface area contributed by atoms with Crippen LogP contribution in [0.25, 0.3) is 0 Å². The number of rotatable bonds is 5. The fraction of sp³-hybridized carbons (Fsp3) is 0.250. The average Bonchev–Trinajstić information content (AvgIpc) is 2.27. The van der Waals surface area contributed by atoms with Crippen LogP contribution < -0.4 is 5.32 Å². The maximum atomic E-state index is 12.6. The van der Waals surface area contributed by atoms with E-state index < -0.39 is 0 Å². The molecule has 0 bridgehead atoms. The summed E-state index contributed by atoms with van der Waals surface area (Å²) in [7, 11) is 0. The highest BCUT2D eigenvalue weighted by molar-refractivity contribution is 5.78. The largest absolute Gasteiger partial charge is 0.353 e. The van der Waals surface area contributed by atoms with E-state index in [1.165, 1.54) is 12.1 Å². The molecule has 0 atom stereocenters. The molecular weight excluding hydrogens is 193 g/mol. The second-order valence-corrected chi connectivity index (χ2v) is 3.20. The van der Waals surface area contributed by atoms with Gasteiger partial charge in [0.15, 0.2) is 6.29 Å². The zero-order chi connectivity index (χ0) is 11.1. The number of carbonyl (C=O) groups excluding carboxylic acids is 1. The van der Waals surface area contributed by atoms with Gasteiger partial charge in [-0.1, -0.05) is 19.4 Å². The van der Waals surface area contributed by atoms with Crippen LogP contribution in [0.4, 0.5) is 10.1 Å². The molecule has 1 rings (SSSR count). The van der Waals surface area contributed by atoms with E-state index in [0.717, 1.165) is 19.1 Å². The molecule has 0 heterocycles. The summed E-state index contributed by atoms with van der Waals surface area (Å²) in [5.41, 5.74) is 1.23. The fourth-order valence-corrected chi connectivity index (χ4v) is 1.13. The average molecular weight is 207 g/mol. The topological polar surface area (TPSA) is 29.1 Å². The molecule has 0 aliphatic rings. The summed E-state index contributed by atoms with van der Waals surface area (Å²) in [5, 5.41) is 2.92. The molecule has 15 heavy (non-hydrogen) atoms. The lowest BCUT2D eigenvalue weighted by Crippen LogP contribution is -2.00. The molecule has 0 saturated heterocycles. The first-order chi connectivity index (χ1) is 7.26. The first-order valence-electron chi connectivity index (χ1n) is 4.94. The molecule has 1 N–H and O–H groups in total. The van der Waals surface area contributed by atoms with Crippen molar-refractivity contribution in [2.24, 2.45) is 0 Å². The zero-order valence-corrected chi connectivity index (χ0v) is 8.66. The van der Waals surface area contributed by atoms with E-state index in [1.807, 2.05) is 13.0 Å². The van der Waals surface area contributed by atoms with Crippen molar-refractivity contribution in [1.82, 2.24) is 0 Å². The van der Waals surface area contributed by atoms with E-state index in [-0.39, 0.29) is 5.82 Å². The zero-order valence-electron chi connectivity index (χ0n) is 8.66. The van der Waals surface area contributed by atoms with Crippen molar-refractivity contribution in [2.75, 3.05) is 5.32 Å². The minimum absolute atomic E-state index is 0.286. The van der Waals surface area contributed by atoms with Crippen LogP contribution in [0.1, 0.15) is 19.8 Å². The summed E-state index contributed by atoms with van der Waals surface area (Å²) in [6.07, 6.45) is 4.43. The van der Waals surface area contributed by atoms with Crippen LogP contribution >= 0.6 is 0 Å². The van der Waals surface area contributed by atoms with E-state index in [0.29, 0.717) is 11.4 Å². The van der Waals surface area contributed by atoms with Gasteiger partial charge in [0.25, 0.3) is 0 Å². The highest BCUT2D eigenvalue weighted by Gasteiger charge is 1.96. The second-order valence-electron chi connectivity index (χ2n) is 3.20. The molecule has 0 aromatic heterocycles. The highest BCUT2D eigenvalue weighted by Crippen LogP contribution is 2.10. The Morgan fingerprint density at radius 3 is 2.60 bits per heavy atom. The normalized spacial score (nSPS) is 11.2. The Morgan fingerprint density at radius 1 is 1.40 bits per heavy atom. The summed E-state index contributed by atoms with van der Waals surface area (Å²) in [5.74, 6) is -0.286. The van der Waals surface area contributed by atoms with E-state index in [1.54, 1.807) is 12.1 Å². The van der Waals surface area contributed by atoms with Gasteiger partial charge in [0.1, 0.15) is 5.82 Å². The van der Waals surface area contributed by atoms with Gasteiger partial charge in [-0.05, 0) is 30.7 Å². The number of hydrogen-bond donors (Lipinski definition) is 1. The molecule has 0 aliphatic heterocycles. The molecule has 2 nitrogen and oxygen atoms in total. The molecule has 0 fully saturated rings. The van der Waals surface area contributed by atoms with Crippen LogP contribution in [-0.4, -0.2) is 6.29 Å². The third kappa shape index (κ3) is 3.94. The molecule has 1 aromatic carbocycles. The van der Waals surface area contributed by atoms with Crippen molar-refractivity contribution >= 4 is 12.0 Å². The number of aldehydes is 1. The maximum Gasteiger partial charge on any atom is 0.165 e. The van der Waals surface area contributed by atoms with Crippen molar-refractivity contribution in [2.45, 2.75) is 19.8 Å². The molecule has 0 radical (unpaired) electrons. The third-order valence-corrected chi connectivity index (χ3v) is 1.91. The Hall–Kier alpha value is -1.64. The van der Waals surface area contributed by atoms with Crippen molar-refractivity contribution in [1.29, 1.82) is 0 Å². The summed E-state index contributed by atoms with van der Waals surface area (Å²) < 4.78 is 12.6. The molecule has 0 amide bonds. The van der Waals surface area contributed by atoms with Gasteiger partial charge >= 0.3 is 0 Å². The summed E-state index contributed by atoms with van der Waals surface area (Å²) >= 11 is 0. The molecule has 1 aromatic rings. The molecular formula is C12H14FNO. The Morgan fingerprint density at radius 2 is 2.07 bits per heavy atom. The second kappa shape index (κ2) is 5.96. The van der Waals surface area contributed by atoms with Gasteiger partial charge in [-0.3, -0.25) is 4.79 Å². The highest BCUT2D eigenvalue weighted by atomic mass is 19.1. The number of unbranched alkanes of at least 4 members (excludes halogenated alkanes) is 1. The standard InChI is InChI=1S/C12H14FNO/c1-2-3-4-12(9-15)14-11-7-5-10(13)6-8-11/h4-9,14H,2-3H2,1H3/b12-4+. The van der Waals surface area contributed by atoms with E-state index in [2.05, 4.69) is 5.32 Å². The third-order valence-electron chi connectivity index (χ3n) is 1.91. The fourth-order valence-electron chi connectivity index (χ4n) is 1.13. The van der Waals surface area contributed by atoms with Crippen molar-refractivity contribution in [3.63, 3.8) is 0 Å². The summed E-state index contributed by atoms with van der Waals surface area (Å²) in [6, 6.07) is 5.90. The van der Waals surface area contributed by atoms with Crippen LogP contribution in [0, 0.1) is 5.82 Å². The number of carbonyl (C=O) groups is 1. The molecule has 0 saturated carbocycles. The van der Waals surface area contributed by atoms with Gasteiger partial charge < -0.3 is 5.32 Å². The molecule has 3 heteroatoms. The van der Waals surface area contributed by atoms with Crippen LogP contribution in [0.15, 0.2) is 36.0 Å². The van der Waals surface area contributed by atoms with E-state index in [4.69, 9.17) is 0 Å². The number of benzene rings is 1. The Kier molecular flexibility index (Phi) is 4.54. The number of anilines is 1. The minimum Gasteiger partial charge on any atom is -0.353 e. The summed E-state index contributed by atoms with van der Waals surface area (Å²) in [4.78, 5) is 10.7. The summed E-state index contributed by atoms with van der Waals surface area (Å²) in [6.45, 7) is 2.04. The van der Waals surface area contributed by atoms with Crippen LogP contribution in [0.2, 0.25) is 0 Å². The monoisotopic (exact) mass is 207 g/mol. The smallest absolute Gasteiger partial charge is 0.165 e. The first-order valence-corrected chi connectivity index (χ1v) is 4.94. The Balaban J connectivity index is 2.66. The van der Waals surface area contributed by atoms with E-state index >= 15 is 0 Å². The maximum absolute atomic E-state index is 12.6. The number of allylic oxidation sites excluding steroid dienone is 2. The Labute approximate surface area is 88.8 Å². The lowest BCUT2D eigenvalue weighted by molar-refractivity contribution is -0.104. The molecule has 0 aliphatic carbocycles. The predicted molar refractivity (Wildman–Crippen MR) is 59.1 cm³/mol. The number of nitrogens with one attached hydrogen (secondary N) is 1. The number of hydrogen-bond acceptors (Lipinski definition) is 2. The van der Waals surface area contributed by atoms with Crippen molar-refractivity contribution < 1.29 is 9.18 Å². The van der Waals surface area contributed by atoms with Crippen LogP contribution in [0.3, 0.4) is 0 Å². The molecule has 0 unspecified atom stereocenters. The van der Waals surface area contributed by atoms with Gasteiger partial charge in [0.05, 0.1) is 5.70 Å². The van der Waals surface area contributed by atoms with Gasteiger partial charge in [-0.2, -0.15) is 0 Å². The molecule has 80 valence electrons. The SMILES string of the molecule is CCC/C=C(\C=O)Nc1ccc(F)cc1. The van der Waals surface area contributed by atoms with Crippen LogP contribution in [-0.2, 0) is 4.79 Å². The van der Waals surface area contributed by atoms with Gasteiger partial charge in [-0.15, -0.1) is 0 Å². The Bertz CT molecular complexity index is 343. The lowest BCUT2D eigenvalue weighted by Gasteiger charge is -2.04. The lowest BCUT2D eigenvalue weighted by atomic mass is 10.2. The quantitative estimate of drug-likeness (QED) is 0.593.